The van der Waals surface area contributed by atoms with Crippen LogP contribution in [0, 0.1) is 0 Å². The fourth-order valence-corrected chi connectivity index (χ4v) is 1.36. The Morgan fingerprint density at radius 2 is 2.00 bits per heavy atom. The number of rotatable bonds is 0. The number of hydrogen-bond acceptors (Lipinski definition) is 1. The molecule has 0 aliphatic rings. The number of nitrogens with zero attached hydrogens (tertiary/aromatic N) is 1. The number of hydrogen-bond donors (Lipinski definition) is 1. The summed E-state index contributed by atoms with van der Waals surface area (Å²) in [5, 5.41) is 1.22. The first kappa shape index (κ1) is 10.2. The molecule has 1 aromatic carbocycles. The van der Waals surface area contributed by atoms with Crippen LogP contribution < -0.4 is 34.3 Å². The number of nitrogens with two attached hydrogens (primary N) is 1. The molecule has 2 aromatic rings. The van der Waals surface area contributed by atoms with E-state index in [2.05, 4.69) is 10.6 Å². The number of aromatic nitrogens is 1. The molecule has 0 radical (unpaired) electrons. The Morgan fingerprint density at radius 1 is 1.23 bits per heavy atom. The summed E-state index contributed by atoms with van der Waals surface area (Å²) in [4.78, 5) is 0. The van der Waals surface area contributed by atoms with Gasteiger partial charge in [0.05, 0.1) is 0 Å². The molecule has 68 valence electrons. The summed E-state index contributed by atoms with van der Waals surface area (Å²) >= 11 is 0. The fraction of sp³-hybridized carbons (Fsp3) is 0.100. The molecule has 1 aromatic heterocycles. The van der Waals surface area contributed by atoms with Crippen molar-refractivity contribution >= 4 is 16.6 Å². The van der Waals surface area contributed by atoms with Gasteiger partial charge in [0.1, 0.15) is 7.05 Å². The average molecular weight is 286 g/mol. The van der Waals surface area contributed by atoms with E-state index >= 15 is 0 Å². The van der Waals surface area contributed by atoms with Crippen molar-refractivity contribution in [3.05, 3.63) is 36.5 Å². The van der Waals surface area contributed by atoms with E-state index in [0.717, 1.165) is 11.2 Å². The van der Waals surface area contributed by atoms with Crippen LogP contribution in [0.3, 0.4) is 0 Å². The summed E-state index contributed by atoms with van der Waals surface area (Å²) in [5.41, 5.74) is 7.65. The topological polar surface area (TPSA) is 29.9 Å². The summed E-state index contributed by atoms with van der Waals surface area (Å²) < 4.78 is 2.06. The number of halogens is 1. The van der Waals surface area contributed by atoms with Crippen molar-refractivity contribution in [2.75, 3.05) is 5.73 Å². The Balaban J connectivity index is 0.000000845. The van der Waals surface area contributed by atoms with E-state index in [1.54, 1.807) is 0 Å². The molecule has 3 heteroatoms. The number of pyridine rings is 1. The predicted molar refractivity (Wildman–Crippen MR) is 49.5 cm³/mol. The van der Waals surface area contributed by atoms with E-state index in [9.17, 15) is 0 Å². The van der Waals surface area contributed by atoms with Crippen molar-refractivity contribution in [1.82, 2.24) is 0 Å². The maximum absolute atomic E-state index is 5.68. The van der Waals surface area contributed by atoms with Crippen LogP contribution in [-0.2, 0) is 7.05 Å². The molecule has 0 fully saturated rings. The smallest absolute Gasteiger partial charge is 0.214 e. The van der Waals surface area contributed by atoms with Crippen LogP contribution >= 0.6 is 0 Å². The second kappa shape index (κ2) is 3.91. The highest BCUT2D eigenvalue weighted by atomic mass is 127. The Kier molecular flexibility index (Phi) is 3.08. The predicted octanol–water partition coefficient (Wildman–Crippen LogP) is -1.75. The van der Waals surface area contributed by atoms with Gasteiger partial charge >= 0.3 is 0 Å². The molecule has 13 heavy (non-hydrogen) atoms. The number of aryl methyl sites for hydroxylation is 1. The number of fused-ring (bicyclic) bond motifs is 1. The SMILES string of the molecule is C[n+]1cccc2ccc(N)cc21.[I-]. The molecule has 0 saturated heterocycles. The van der Waals surface area contributed by atoms with Crippen LogP contribution in [0.2, 0.25) is 0 Å². The lowest BCUT2D eigenvalue weighted by Crippen LogP contribution is -3.00. The first-order valence-electron chi connectivity index (χ1n) is 3.91. The van der Waals surface area contributed by atoms with E-state index in [-0.39, 0.29) is 24.0 Å². The summed E-state index contributed by atoms with van der Waals surface area (Å²) in [6.07, 6.45) is 2.02. The fourth-order valence-electron chi connectivity index (χ4n) is 1.36. The molecule has 2 N–H and O–H groups in total. The van der Waals surface area contributed by atoms with Crippen LogP contribution in [0.5, 0.6) is 0 Å². The molecule has 0 aliphatic carbocycles. The van der Waals surface area contributed by atoms with Crippen molar-refractivity contribution in [3.63, 3.8) is 0 Å². The maximum atomic E-state index is 5.68. The van der Waals surface area contributed by atoms with Gasteiger partial charge in [0, 0.05) is 23.2 Å². The van der Waals surface area contributed by atoms with Gasteiger partial charge in [-0.15, -0.1) is 0 Å². The third kappa shape index (κ3) is 1.91. The maximum Gasteiger partial charge on any atom is 0.214 e. The van der Waals surface area contributed by atoms with E-state index < -0.39 is 0 Å². The van der Waals surface area contributed by atoms with Crippen LogP contribution in [-0.4, -0.2) is 0 Å². The monoisotopic (exact) mass is 286 g/mol. The van der Waals surface area contributed by atoms with Crippen LogP contribution in [0.4, 0.5) is 5.69 Å². The number of nitrogen functional groups attached to an aromatic ring is 1. The van der Waals surface area contributed by atoms with Crippen molar-refractivity contribution in [3.8, 4) is 0 Å². The molecule has 0 saturated carbocycles. The van der Waals surface area contributed by atoms with Crippen molar-refractivity contribution < 1.29 is 28.5 Å². The van der Waals surface area contributed by atoms with E-state index in [1.807, 2.05) is 37.5 Å². The normalized spacial score (nSPS) is 9.62. The van der Waals surface area contributed by atoms with Gasteiger partial charge in [-0.2, -0.15) is 0 Å². The molecular formula is C10H11IN2. The van der Waals surface area contributed by atoms with Crippen molar-refractivity contribution in [1.29, 1.82) is 0 Å². The summed E-state index contributed by atoms with van der Waals surface area (Å²) in [6, 6.07) is 10.0. The minimum atomic E-state index is 0. The minimum Gasteiger partial charge on any atom is -1.00 e. The highest BCUT2D eigenvalue weighted by molar-refractivity contribution is 5.78. The second-order valence-corrected chi connectivity index (χ2v) is 2.94. The Hall–Kier alpha value is -0.840. The van der Waals surface area contributed by atoms with Gasteiger partial charge in [0.25, 0.3) is 0 Å². The van der Waals surface area contributed by atoms with Crippen LogP contribution in [0.25, 0.3) is 10.9 Å². The number of anilines is 1. The molecule has 0 spiro atoms. The Morgan fingerprint density at radius 3 is 2.77 bits per heavy atom. The van der Waals surface area contributed by atoms with Gasteiger partial charge in [-0.1, -0.05) is 0 Å². The summed E-state index contributed by atoms with van der Waals surface area (Å²) in [7, 11) is 2.02. The zero-order valence-corrected chi connectivity index (χ0v) is 9.52. The molecule has 1 heterocycles. The van der Waals surface area contributed by atoms with E-state index in [0.29, 0.717) is 0 Å². The summed E-state index contributed by atoms with van der Waals surface area (Å²) in [5.74, 6) is 0. The van der Waals surface area contributed by atoms with Gasteiger partial charge < -0.3 is 29.7 Å². The summed E-state index contributed by atoms with van der Waals surface area (Å²) in [6.45, 7) is 0. The first-order valence-corrected chi connectivity index (χ1v) is 3.91. The average Bonchev–Trinajstić information content (AvgIpc) is 2.07. The number of benzene rings is 1. The Labute approximate surface area is 94.4 Å². The van der Waals surface area contributed by atoms with E-state index in [4.69, 9.17) is 5.73 Å². The minimum absolute atomic E-state index is 0. The van der Waals surface area contributed by atoms with E-state index in [1.165, 1.54) is 5.39 Å². The zero-order valence-electron chi connectivity index (χ0n) is 7.37. The molecule has 0 unspecified atom stereocenters. The molecule has 0 bridgehead atoms. The lowest BCUT2D eigenvalue weighted by atomic mass is 10.2. The zero-order chi connectivity index (χ0) is 8.55. The second-order valence-electron chi connectivity index (χ2n) is 2.94. The lowest BCUT2D eigenvalue weighted by molar-refractivity contribution is -0.644. The molecule has 0 aliphatic heterocycles. The molecule has 0 amide bonds. The van der Waals surface area contributed by atoms with Gasteiger partial charge in [-0.25, -0.2) is 4.57 Å². The lowest BCUT2D eigenvalue weighted by Gasteiger charge is -1.96. The third-order valence-electron chi connectivity index (χ3n) is 2.02. The molecular weight excluding hydrogens is 275 g/mol. The van der Waals surface area contributed by atoms with Gasteiger partial charge in [-0.3, -0.25) is 0 Å². The van der Waals surface area contributed by atoms with Crippen molar-refractivity contribution in [2.24, 2.45) is 7.05 Å². The standard InChI is InChI=1S/C10H10N2.HI/c1-12-6-2-3-8-4-5-9(11)7-10(8)12;/h2-7,11H,1H3;1H. The van der Waals surface area contributed by atoms with Gasteiger partial charge in [-0.05, 0) is 18.2 Å². The molecule has 0 atom stereocenters. The molecule has 2 rings (SSSR count). The highest BCUT2D eigenvalue weighted by Crippen LogP contribution is 2.12. The Bertz CT molecular complexity index is 426. The largest absolute Gasteiger partial charge is 1.00 e. The van der Waals surface area contributed by atoms with Gasteiger partial charge in [0.15, 0.2) is 6.20 Å². The highest BCUT2D eigenvalue weighted by Gasteiger charge is 2.02. The quantitative estimate of drug-likeness (QED) is 0.347. The van der Waals surface area contributed by atoms with Crippen LogP contribution in [0.1, 0.15) is 0 Å². The first-order chi connectivity index (χ1) is 5.77. The molecule has 2 nitrogen and oxygen atoms in total. The van der Waals surface area contributed by atoms with Crippen molar-refractivity contribution in [2.45, 2.75) is 0 Å². The van der Waals surface area contributed by atoms with Crippen LogP contribution in [0.15, 0.2) is 36.5 Å². The third-order valence-corrected chi connectivity index (χ3v) is 2.02. The van der Waals surface area contributed by atoms with Gasteiger partial charge in [0.2, 0.25) is 5.52 Å².